The minimum absolute atomic E-state index is 0.189. The highest BCUT2D eigenvalue weighted by Crippen LogP contribution is 2.46. The van der Waals surface area contributed by atoms with E-state index >= 15 is 0 Å². The van der Waals surface area contributed by atoms with Crippen molar-refractivity contribution in [3.05, 3.63) is 0 Å². The Morgan fingerprint density at radius 3 is 2.29 bits per heavy atom. The Labute approximate surface area is 101 Å². The minimum atomic E-state index is -0.740. The van der Waals surface area contributed by atoms with Gasteiger partial charge in [0.25, 0.3) is 0 Å². The SMILES string of the molecule is NCC1(C(=O)N2CCC(CC(=O)O)CC2)CC1. The zero-order valence-corrected chi connectivity index (χ0v) is 10.0. The number of nitrogens with zero attached hydrogens (tertiary/aromatic N) is 1. The van der Waals surface area contributed by atoms with Gasteiger partial charge in [0.1, 0.15) is 0 Å². The third kappa shape index (κ3) is 2.60. The zero-order chi connectivity index (χ0) is 12.5. The summed E-state index contributed by atoms with van der Waals surface area (Å²) in [5.41, 5.74) is 5.38. The van der Waals surface area contributed by atoms with Crippen LogP contribution >= 0.6 is 0 Å². The molecule has 1 saturated carbocycles. The first-order valence-electron chi connectivity index (χ1n) is 6.29. The van der Waals surface area contributed by atoms with Gasteiger partial charge in [-0.25, -0.2) is 0 Å². The molecule has 0 aromatic heterocycles. The van der Waals surface area contributed by atoms with E-state index in [2.05, 4.69) is 0 Å². The molecule has 1 heterocycles. The smallest absolute Gasteiger partial charge is 0.303 e. The van der Waals surface area contributed by atoms with E-state index in [4.69, 9.17) is 10.8 Å². The van der Waals surface area contributed by atoms with Crippen molar-refractivity contribution in [2.45, 2.75) is 32.1 Å². The highest BCUT2D eigenvalue weighted by Gasteiger charge is 2.50. The van der Waals surface area contributed by atoms with Crippen molar-refractivity contribution < 1.29 is 14.7 Å². The number of carboxylic acids is 1. The Morgan fingerprint density at radius 1 is 1.29 bits per heavy atom. The van der Waals surface area contributed by atoms with Crippen molar-refractivity contribution in [2.75, 3.05) is 19.6 Å². The van der Waals surface area contributed by atoms with Gasteiger partial charge in [-0.05, 0) is 31.6 Å². The second-order valence-electron chi connectivity index (χ2n) is 5.32. The highest BCUT2D eigenvalue weighted by atomic mass is 16.4. The first-order chi connectivity index (χ1) is 8.07. The average Bonchev–Trinajstić information content (AvgIpc) is 3.09. The number of aliphatic carboxylic acids is 1. The van der Waals surface area contributed by atoms with Gasteiger partial charge in [-0.2, -0.15) is 0 Å². The Kier molecular flexibility index (Phi) is 3.38. The Morgan fingerprint density at radius 2 is 1.88 bits per heavy atom. The molecule has 2 fully saturated rings. The van der Waals surface area contributed by atoms with Gasteiger partial charge in [0.05, 0.1) is 5.41 Å². The fourth-order valence-corrected chi connectivity index (χ4v) is 2.58. The van der Waals surface area contributed by atoms with Gasteiger partial charge in [-0.15, -0.1) is 0 Å². The molecule has 0 spiro atoms. The Bertz CT molecular complexity index is 318. The lowest BCUT2D eigenvalue weighted by atomic mass is 9.92. The van der Waals surface area contributed by atoms with E-state index in [1.165, 1.54) is 0 Å². The summed E-state index contributed by atoms with van der Waals surface area (Å²) < 4.78 is 0. The molecule has 5 heteroatoms. The number of hydrogen-bond donors (Lipinski definition) is 2. The fourth-order valence-electron chi connectivity index (χ4n) is 2.58. The number of piperidine rings is 1. The topological polar surface area (TPSA) is 83.6 Å². The Balaban J connectivity index is 1.83. The number of carbonyl (C=O) groups is 2. The standard InChI is InChI=1S/C12H20N2O3/c13-8-12(3-4-12)11(17)14-5-1-9(2-6-14)7-10(15)16/h9H,1-8,13H2,(H,15,16). The summed E-state index contributed by atoms with van der Waals surface area (Å²) in [5.74, 6) is -0.325. The summed E-state index contributed by atoms with van der Waals surface area (Å²) >= 11 is 0. The number of rotatable bonds is 4. The summed E-state index contributed by atoms with van der Waals surface area (Å²) in [6, 6.07) is 0. The summed E-state index contributed by atoms with van der Waals surface area (Å²) in [7, 11) is 0. The van der Waals surface area contributed by atoms with E-state index in [1.54, 1.807) is 0 Å². The predicted octanol–water partition coefficient (Wildman–Crippen LogP) is 0.439. The summed E-state index contributed by atoms with van der Waals surface area (Å²) in [6.45, 7) is 1.83. The second-order valence-corrected chi connectivity index (χ2v) is 5.32. The normalized spacial score (nSPS) is 23.5. The van der Waals surface area contributed by atoms with Crippen LogP contribution in [0.15, 0.2) is 0 Å². The van der Waals surface area contributed by atoms with E-state index < -0.39 is 5.97 Å². The van der Waals surface area contributed by atoms with Gasteiger partial charge >= 0.3 is 5.97 Å². The average molecular weight is 240 g/mol. The molecular formula is C12H20N2O3. The van der Waals surface area contributed by atoms with Gasteiger partial charge in [-0.3, -0.25) is 9.59 Å². The minimum Gasteiger partial charge on any atom is -0.481 e. The number of nitrogens with two attached hydrogens (primary N) is 1. The van der Waals surface area contributed by atoms with Crippen molar-refractivity contribution >= 4 is 11.9 Å². The van der Waals surface area contributed by atoms with Crippen LogP contribution in [0.1, 0.15) is 32.1 Å². The first kappa shape index (κ1) is 12.4. The van der Waals surface area contributed by atoms with Crippen molar-refractivity contribution in [3.8, 4) is 0 Å². The van der Waals surface area contributed by atoms with Crippen molar-refractivity contribution in [1.29, 1.82) is 0 Å². The number of hydrogen-bond acceptors (Lipinski definition) is 3. The predicted molar refractivity (Wildman–Crippen MR) is 62.3 cm³/mol. The molecule has 0 radical (unpaired) electrons. The van der Waals surface area contributed by atoms with Crippen LogP contribution in [0.25, 0.3) is 0 Å². The first-order valence-corrected chi connectivity index (χ1v) is 6.29. The molecular weight excluding hydrogens is 220 g/mol. The fraction of sp³-hybridized carbons (Fsp3) is 0.833. The van der Waals surface area contributed by atoms with Gasteiger partial charge in [0, 0.05) is 26.1 Å². The van der Waals surface area contributed by atoms with Crippen LogP contribution in [0, 0.1) is 11.3 Å². The van der Waals surface area contributed by atoms with Crippen LogP contribution in [0.2, 0.25) is 0 Å². The molecule has 2 aliphatic rings. The zero-order valence-electron chi connectivity index (χ0n) is 10.0. The van der Waals surface area contributed by atoms with Crippen LogP contribution in [0.5, 0.6) is 0 Å². The molecule has 3 N–H and O–H groups in total. The van der Waals surface area contributed by atoms with E-state index in [-0.39, 0.29) is 23.7 Å². The molecule has 0 bridgehead atoms. The number of carbonyl (C=O) groups excluding carboxylic acids is 1. The maximum Gasteiger partial charge on any atom is 0.303 e. The molecule has 0 aromatic carbocycles. The third-order valence-corrected chi connectivity index (χ3v) is 4.06. The lowest BCUT2D eigenvalue weighted by Crippen LogP contribution is -2.44. The quantitative estimate of drug-likeness (QED) is 0.746. The molecule has 96 valence electrons. The van der Waals surface area contributed by atoms with Crippen LogP contribution in [-0.4, -0.2) is 41.5 Å². The maximum absolute atomic E-state index is 12.2. The molecule has 17 heavy (non-hydrogen) atoms. The monoisotopic (exact) mass is 240 g/mol. The van der Waals surface area contributed by atoms with Crippen LogP contribution in [0.3, 0.4) is 0 Å². The molecule has 0 aromatic rings. The molecule has 1 saturated heterocycles. The molecule has 0 atom stereocenters. The summed E-state index contributed by atoms with van der Waals surface area (Å²) in [5, 5.41) is 8.72. The van der Waals surface area contributed by atoms with Gasteiger partial charge in [-0.1, -0.05) is 0 Å². The lowest BCUT2D eigenvalue weighted by molar-refractivity contribution is -0.140. The molecule has 2 rings (SSSR count). The van der Waals surface area contributed by atoms with Crippen LogP contribution in [-0.2, 0) is 9.59 Å². The molecule has 5 nitrogen and oxygen atoms in total. The van der Waals surface area contributed by atoms with Crippen LogP contribution < -0.4 is 5.73 Å². The summed E-state index contributed by atoms with van der Waals surface area (Å²) in [4.78, 5) is 24.6. The van der Waals surface area contributed by atoms with Gasteiger partial charge < -0.3 is 15.7 Å². The van der Waals surface area contributed by atoms with E-state index in [0.29, 0.717) is 19.6 Å². The van der Waals surface area contributed by atoms with E-state index in [0.717, 1.165) is 25.7 Å². The third-order valence-electron chi connectivity index (χ3n) is 4.06. The lowest BCUT2D eigenvalue weighted by Gasteiger charge is -2.33. The van der Waals surface area contributed by atoms with Gasteiger partial charge in [0.2, 0.25) is 5.91 Å². The van der Waals surface area contributed by atoms with Crippen molar-refractivity contribution in [2.24, 2.45) is 17.1 Å². The van der Waals surface area contributed by atoms with Crippen LogP contribution in [0.4, 0.5) is 0 Å². The molecule has 1 aliphatic heterocycles. The number of amides is 1. The molecule has 0 unspecified atom stereocenters. The van der Waals surface area contributed by atoms with Gasteiger partial charge in [0.15, 0.2) is 0 Å². The number of likely N-dealkylation sites (tertiary alicyclic amines) is 1. The molecule has 1 aliphatic carbocycles. The van der Waals surface area contributed by atoms with Crippen molar-refractivity contribution in [3.63, 3.8) is 0 Å². The van der Waals surface area contributed by atoms with E-state index in [1.807, 2.05) is 4.90 Å². The molecule has 1 amide bonds. The highest BCUT2D eigenvalue weighted by molar-refractivity contribution is 5.85. The Hall–Kier alpha value is -1.10. The van der Waals surface area contributed by atoms with Crippen molar-refractivity contribution in [1.82, 2.24) is 4.90 Å². The van der Waals surface area contributed by atoms with E-state index in [9.17, 15) is 9.59 Å². The largest absolute Gasteiger partial charge is 0.481 e. The number of carboxylic acid groups (broad SMARTS) is 1. The maximum atomic E-state index is 12.2. The summed E-state index contributed by atoms with van der Waals surface area (Å²) in [6.07, 6.45) is 3.66. The second kappa shape index (κ2) is 4.64.